The fraction of sp³-hybridized carbons (Fsp3) is 0.500. The maximum absolute atomic E-state index is 5.85. The SMILES string of the molecule is CC1(N)CN(c2ncccn2)C1. The molecule has 0 aromatic carbocycles. The van der Waals surface area contributed by atoms with Crippen LogP contribution < -0.4 is 10.6 Å². The second-order valence-corrected chi connectivity index (χ2v) is 3.56. The summed E-state index contributed by atoms with van der Waals surface area (Å²) in [6.45, 7) is 3.72. The molecular formula is C8H12N4. The Morgan fingerprint density at radius 3 is 2.50 bits per heavy atom. The Balaban J connectivity index is 2.06. The summed E-state index contributed by atoms with van der Waals surface area (Å²) in [6, 6.07) is 1.81. The van der Waals surface area contributed by atoms with Crippen LogP contribution >= 0.6 is 0 Å². The first-order chi connectivity index (χ1) is 5.67. The normalized spacial score (nSPS) is 20.3. The minimum atomic E-state index is -0.0563. The number of hydrogen-bond acceptors (Lipinski definition) is 4. The molecule has 1 fully saturated rings. The quantitative estimate of drug-likeness (QED) is 0.635. The second kappa shape index (κ2) is 2.42. The summed E-state index contributed by atoms with van der Waals surface area (Å²) in [5.41, 5.74) is 5.80. The molecule has 0 amide bonds. The molecule has 0 radical (unpaired) electrons. The van der Waals surface area contributed by atoms with E-state index < -0.39 is 0 Å². The molecule has 2 rings (SSSR count). The van der Waals surface area contributed by atoms with Gasteiger partial charge in [-0.15, -0.1) is 0 Å². The van der Waals surface area contributed by atoms with E-state index in [1.54, 1.807) is 12.4 Å². The first kappa shape index (κ1) is 7.49. The highest BCUT2D eigenvalue weighted by Gasteiger charge is 2.35. The van der Waals surface area contributed by atoms with Gasteiger partial charge < -0.3 is 10.6 Å². The number of nitrogens with zero attached hydrogens (tertiary/aromatic N) is 3. The molecule has 2 heterocycles. The molecule has 12 heavy (non-hydrogen) atoms. The van der Waals surface area contributed by atoms with Gasteiger partial charge >= 0.3 is 0 Å². The summed E-state index contributed by atoms with van der Waals surface area (Å²) in [6.07, 6.45) is 3.49. The van der Waals surface area contributed by atoms with Crippen LogP contribution in [0.5, 0.6) is 0 Å². The highest BCUT2D eigenvalue weighted by Crippen LogP contribution is 2.21. The Morgan fingerprint density at radius 1 is 1.42 bits per heavy atom. The zero-order valence-corrected chi connectivity index (χ0v) is 7.07. The minimum absolute atomic E-state index is 0.0563. The van der Waals surface area contributed by atoms with Crippen molar-refractivity contribution in [3.8, 4) is 0 Å². The van der Waals surface area contributed by atoms with E-state index in [9.17, 15) is 0 Å². The van der Waals surface area contributed by atoms with E-state index in [0.29, 0.717) is 0 Å². The zero-order valence-electron chi connectivity index (χ0n) is 7.07. The van der Waals surface area contributed by atoms with Crippen LogP contribution in [0.3, 0.4) is 0 Å². The van der Waals surface area contributed by atoms with Crippen molar-refractivity contribution in [1.29, 1.82) is 0 Å². The van der Waals surface area contributed by atoms with Gasteiger partial charge in [-0.1, -0.05) is 0 Å². The molecule has 0 saturated carbocycles. The highest BCUT2D eigenvalue weighted by atomic mass is 15.3. The maximum Gasteiger partial charge on any atom is 0.225 e. The summed E-state index contributed by atoms with van der Waals surface area (Å²) in [4.78, 5) is 10.3. The Kier molecular flexibility index (Phi) is 1.51. The molecule has 2 N–H and O–H groups in total. The van der Waals surface area contributed by atoms with Gasteiger partial charge in [-0.05, 0) is 13.0 Å². The molecule has 0 aliphatic carbocycles. The van der Waals surface area contributed by atoms with Crippen LogP contribution in [0.1, 0.15) is 6.92 Å². The third-order valence-corrected chi connectivity index (χ3v) is 1.94. The van der Waals surface area contributed by atoms with Crippen LogP contribution in [0.4, 0.5) is 5.95 Å². The van der Waals surface area contributed by atoms with E-state index >= 15 is 0 Å². The lowest BCUT2D eigenvalue weighted by Gasteiger charge is -2.45. The van der Waals surface area contributed by atoms with Gasteiger partial charge in [0.2, 0.25) is 5.95 Å². The van der Waals surface area contributed by atoms with Gasteiger partial charge in [0, 0.05) is 31.0 Å². The van der Waals surface area contributed by atoms with Crippen molar-refractivity contribution in [2.45, 2.75) is 12.5 Å². The Bertz CT molecular complexity index is 262. The van der Waals surface area contributed by atoms with Crippen LogP contribution in [0, 0.1) is 0 Å². The molecular weight excluding hydrogens is 152 g/mol. The van der Waals surface area contributed by atoms with Gasteiger partial charge in [-0.25, -0.2) is 9.97 Å². The van der Waals surface area contributed by atoms with Crippen LogP contribution in [0.2, 0.25) is 0 Å². The lowest BCUT2D eigenvalue weighted by atomic mass is 9.94. The van der Waals surface area contributed by atoms with Crippen molar-refractivity contribution in [2.75, 3.05) is 18.0 Å². The minimum Gasteiger partial charge on any atom is -0.337 e. The Morgan fingerprint density at radius 2 is 2.00 bits per heavy atom. The number of nitrogens with two attached hydrogens (primary N) is 1. The molecule has 1 aromatic rings. The van der Waals surface area contributed by atoms with Crippen molar-refractivity contribution >= 4 is 5.95 Å². The van der Waals surface area contributed by atoms with E-state index in [1.807, 2.05) is 13.0 Å². The van der Waals surface area contributed by atoms with Gasteiger partial charge in [0.1, 0.15) is 0 Å². The van der Waals surface area contributed by atoms with Crippen molar-refractivity contribution in [2.24, 2.45) is 5.73 Å². The van der Waals surface area contributed by atoms with Crippen molar-refractivity contribution < 1.29 is 0 Å². The predicted molar refractivity (Wildman–Crippen MR) is 46.8 cm³/mol. The van der Waals surface area contributed by atoms with Crippen molar-refractivity contribution in [3.05, 3.63) is 18.5 Å². The molecule has 1 aliphatic heterocycles. The maximum atomic E-state index is 5.85. The Hall–Kier alpha value is -1.16. The van der Waals surface area contributed by atoms with Crippen LogP contribution in [-0.4, -0.2) is 28.6 Å². The lowest BCUT2D eigenvalue weighted by molar-refractivity contribution is 0.360. The number of rotatable bonds is 1. The highest BCUT2D eigenvalue weighted by molar-refractivity contribution is 5.36. The van der Waals surface area contributed by atoms with Crippen LogP contribution in [0.15, 0.2) is 18.5 Å². The van der Waals surface area contributed by atoms with E-state index in [0.717, 1.165) is 19.0 Å². The molecule has 0 bridgehead atoms. The first-order valence-electron chi connectivity index (χ1n) is 3.98. The van der Waals surface area contributed by atoms with Crippen molar-refractivity contribution in [3.63, 3.8) is 0 Å². The van der Waals surface area contributed by atoms with E-state index in [-0.39, 0.29) is 5.54 Å². The largest absolute Gasteiger partial charge is 0.337 e. The molecule has 0 atom stereocenters. The molecule has 1 saturated heterocycles. The number of hydrogen-bond donors (Lipinski definition) is 1. The van der Waals surface area contributed by atoms with E-state index in [2.05, 4.69) is 14.9 Å². The average molecular weight is 164 g/mol. The number of aromatic nitrogens is 2. The summed E-state index contributed by atoms with van der Waals surface area (Å²) < 4.78 is 0. The zero-order chi connectivity index (χ0) is 8.60. The summed E-state index contributed by atoms with van der Waals surface area (Å²) >= 11 is 0. The third kappa shape index (κ3) is 1.25. The van der Waals surface area contributed by atoms with Gasteiger partial charge in [-0.2, -0.15) is 0 Å². The Labute approximate surface area is 71.4 Å². The summed E-state index contributed by atoms with van der Waals surface area (Å²) in [7, 11) is 0. The monoisotopic (exact) mass is 164 g/mol. The summed E-state index contributed by atoms with van der Waals surface area (Å²) in [5, 5.41) is 0. The average Bonchev–Trinajstić information content (AvgIpc) is 2.02. The molecule has 1 aromatic heterocycles. The topological polar surface area (TPSA) is 55.0 Å². The molecule has 4 heteroatoms. The van der Waals surface area contributed by atoms with Crippen LogP contribution in [-0.2, 0) is 0 Å². The van der Waals surface area contributed by atoms with Gasteiger partial charge in [0.05, 0.1) is 0 Å². The van der Waals surface area contributed by atoms with E-state index in [4.69, 9.17) is 5.73 Å². The van der Waals surface area contributed by atoms with E-state index in [1.165, 1.54) is 0 Å². The van der Waals surface area contributed by atoms with Crippen molar-refractivity contribution in [1.82, 2.24) is 9.97 Å². The fourth-order valence-corrected chi connectivity index (χ4v) is 1.42. The smallest absolute Gasteiger partial charge is 0.225 e. The van der Waals surface area contributed by atoms with Crippen LogP contribution in [0.25, 0.3) is 0 Å². The lowest BCUT2D eigenvalue weighted by Crippen LogP contribution is -2.66. The van der Waals surface area contributed by atoms with Gasteiger partial charge in [0.25, 0.3) is 0 Å². The number of anilines is 1. The second-order valence-electron chi connectivity index (χ2n) is 3.56. The molecule has 0 spiro atoms. The molecule has 0 unspecified atom stereocenters. The molecule has 4 nitrogen and oxygen atoms in total. The fourth-order valence-electron chi connectivity index (χ4n) is 1.42. The first-order valence-corrected chi connectivity index (χ1v) is 3.98. The van der Waals surface area contributed by atoms with Gasteiger partial charge in [-0.3, -0.25) is 0 Å². The molecule has 64 valence electrons. The standard InChI is InChI=1S/C8H12N4/c1-8(9)5-12(6-8)7-10-3-2-4-11-7/h2-4H,5-6,9H2,1H3. The van der Waals surface area contributed by atoms with Gasteiger partial charge in [0.15, 0.2) is 0 Å². The molecule has 1 aliphatic rings. The predicted octanol–water partition coefficient (Wildman–Crippen LogP) is 0.0140. The summed E-state index contributed by atoms with van der Waals surface area (Å²) in [5.74, 6) is 0.778. The third-order valence-electron chi connectivity index (χ3n) is 1.94.